The second-order valence-electron chi connectivity index (χ2n) is 2.82. The van der Waals surface area contributed by atoms with E-state index in [4.69, 9.17) is 0 Å². The van der Waals surface area contributed by atoms with Crippen LogP contribution in [0.2, 0.25) is 0 Å². The minimum atomic E-state index is -0.891. The Morgan fingerprint density at radius 2 is 2.00 bits per heavy atom. The molecule has 0 aliphatic carbocycles. The number of hydrogen-bond acceptors (Lipinski definition) is 3. The number of aliphatic hydroxyl groups excluding tert-OH is 1. The maximum absolute atomic E-state index is 12.6. The molecular weight excluding hydrogens is 185 g/mol. The van der Waals surface area contributed by atoms with Crippen LogP contribution in [0.15, 0.2) is 30.6 Å². The molecule has 0 aliphatic heterocycles. The summed E-state index contributed by atoms with van der Waals surface area (Å²) in [5.41, 5.74) is 0.572. The van der Waals surface area contributed by atoms with Crippen LogP contribution >= 0.6 is 0 Å². The van der Waals surface area contributed by atoms with Gasteiger partial charge in [0.15, 0.2) is 5.82 Å². The minimum absolute atomic E-state index is 0.335. The van der Waals surface area contributed by atoms with Crippen LogP contribution in [0, 0.1) is 5.82 Å². The molecule has 1 aromatic heterocycles. The predicted octanol–water partition coefficient (Wildman–Crippen LogP) is 1.03. The lowest BCUT2D eigenvalue weighted by molar-refractivity contribution is 0.210. The van der Waals surface area contributed by atoms with Crippen molar-refractivity contribution < 1.29 is 9.50 Å². The third kappa shape index (κ3) is 1.62. The van der Waals surface area contributed by atoms with Crippen molar-refractivity contribution in [3.8, 4) is 0 Å². The first-order chi connectivity index (χ1) is 6.77. The lowest BCUT2D eigenvalue weighted by Crippen LogP contribution is -2.01. The van der Waals surface area contributed by atoms with Gasteiger partial charge in [0.05, 0.1) is 0 Å². The highest BCUT2D eigenvalue weighted by molar-refractivity contribution is 5.22. The van der Waals surface area contributed by atoms with Crippen LogP contribution in [0.1, 0.15) is 17.5 Å². The van der Waals surface area contributed by atoms with Gasteiger partial charge in [0, 0.05) is 0 Å². The number of aliphatic hydroxyl groups is 1. The molecule has 0 bridgehead atoms. The normalized spacial score (nSPS) is 12.7. The van der Waals surface area contributed by atoms with Gasteiger partial charge in [-0.15, -0.1) is 0 Å². The molecule has 0 aliphatic rings. The van der Waals surface area contributed by atoms with Gasteiger partial charge in [0.1, 0.15) is 18.2 Å². The minimum Gasteiger partial charge on any atom is -0.380 e. The van der Waals surface area contributed by atoms with Crippen molar-refractivity contribution in [3.63, 3.8) is 0 Å². The molecule has 72 valence electrons. The zero-order valence-electron chi connectivity index (χ0n) is 7.18. The van der Waals surface area contributed by atoms with Crippen molar-refractivity contribution in [3.05, 3.63) is 47.8 Å². The van der Waals surface area contributed by atoms with Crippen molar-refractivity contribution in [2.45, 2.75) is 6.10 Å². The predicted molar refractivity (Wildman–Crippen MR) is 46.8 cm³/mol. The summed E-state index contributed by atoms with van der Waals surface area (Å²) < 4.78 is 12.6. The number of nitrogens with zero attached hydrogens (tertiary/aromatic N) is 2. The molecule has 1 atom stereocenters. The Bertz CT molecular complexity index is 399. The van der Waals surface area contributed by atoms with Crippen LogP contribution in [0.3, 0.4) is 0 Å². The van der Waals surface area contributed by atoms with E-state index in [0.29, 0.717) is 11.4 Å². The van der Waals surface area contributed by atoms with Crippen molar-refractivity contribution in [2.24, 2.45) is 0 Å². The van der Waals surface area contributed by atoms with Gasteiger partial charge in [-0.05, 0) is 17.7 Å². The van der Waals surface area contributed by atoms with Crippen molar-refractivity contribution >= 4 is 0 Å². The van der Waals surface area contributed by atoms with Crippen molar-refractivity contribution in [2.75, 3.05) is 0 Å². The summed E-state index contributed by atoms with van der Waals surface area (Å²) >= 11 is 0. The SMILES string of the molecule is O[C@H](c1ccc(F)cc1)c1ncn[nH]1. The van der Waals surface area contributed by atoms with Gasteiger partial charge in [0.2, 0.25) is 0 Å². The lowest BCUT2D eigenvalue weighted by Gasteiger charge is -2.06. The molecule has 5 heteroatoms. The monoisotopic (exact) mass is 193 g/mol. The van der Waals surface area contributed by atoms with Gasteiger partial charge in [-0.1, -0.05) is 12.1 Å². The van der Waals surface area contributed by atoms with Crippen LogP contribution in [0.4, 0.5) is 4.39 Å². The number of H-pyrrole nitrogens is 1. The molecule has 2 aromatic rings. The van der Waals surface area contributed by atoms with E-state index in [1.165, 1.54) is 30.6 Å². The first-order valence-corrected chi connectivity index (χ1v) is 4.06. The van der Waals surface area contributed by atoms with E-state index >= 15 is 0 Å². The molecule has 2 rings (SSSR count). The van der Waals surface area contributed by atoms with Gasteiger partial charge < -0.3 is 5.11 Å². The van der Waals surface area contributed by atoms with E-state index in [0.717, 1.165) is 0 Å². The topological polar surface area (TPSA) is 61.8 Å². The first kappa shape index (κ1) is 8.83. The van der Waals surface area contributed by atoms with Crippen LogP contribution < -0.4 is 0 Å². The average molecular weight is 193 g/mol. The Kier molecular flexibility index (Phi) is 2.24. The highest BCUT2D eigenvalue weighted by Crippen LogP contribution is 2.17. The number of aromatic nitrogens is 3. The number of rotatable bonds is 2. The molecule has 4 nitrogen and oxygen atoms in total. The highest BCUT2D eigenvalue weighted by atomic mass is 19.1. The molecule has 0 spiro atoms. The summed E-state index contributed by atoms with van der Waals surface area (Å²) in [6, 6.07) is 5.58. The van der Waals surface area contributed by atoms with Crippen LogP contribution in [-0.2, 0) is 0 Å². The summed E-state index contributed by atoms with van der Waals surface area (Å²) in [7, 11) is 0. The zero-order valence-corrected chi connectivity index (χ0v) is 7.18. The van der Waals surface area contributed by atoms with Crippen LogP contribution in [0.25, 0.3) is 0 Å². The van der Waals surface area contributed by atoms with Gasteiger partial charge in [0.25, 0.3) is 0 Å². The van der Waals surface area contributed by atoms with Crippen molar-refractivity contribution in [1.29, 1.82) is 0 Å². The molecule has 0 amide bonds. The molecule has 0 radical (unpaired) electrons. The summed E-state index contributed by atoms with van der Waals surface area (Å²) in [6.45, 7) is 0. The average Bonchev–Trinajstić information content (AvgIpc) is 2.71. The fourth-order valence-corrected chi connectivity index (χ4v) is 1.15. The third-order valence-electron chi connectivity index (χ3n) is 1.88. The molecule has 2 N–H and O–H groups in total. The van der Waals surface area contributed by atoms with Gasteiger partial charge >= 0.3 is 0 Å². The molecule has 0 unspecified atom stereocenters. The lowest BCUT2D eigenvalue weighted by atomic mass is 10.1. The maximum atomic E-state index is 12.6. The van der Waals surface area contributed by atoms with E-state index in [-0.39, 0.29) is 5.82 Å². The molecule has 14 heavy (non-hydrogen) atoms. The molecule has 0 fully saturated rings. The van der Waals surface area contributed by atoms with E-state index in [1.807, 2.05) is 0 Å². The molecular formula is C9H8FN3O. The van der Waals surface area contributed by atoms with Gasteiger partial charge in [-0.2, -0.15) is 5.10 Å². The van der Waals surface area contributed by atoms with Gasteiger partial charge in [-0.25, -0.2) is 9.37 Å². The molecule has 1 heterocycles. The quantitative estimate of drug-likeness (QED) is 0.748. The summed E-state index contributed by atoms with van der Waals surface area (Å²) in [6.07, 6.45) is 0.417. The fraction of sp³-hybridized carbons (Fsp3) is 0.111. The van der Waals surface area contributed by atoms with Crippen LogP contribution in [-0.4, -0.2) is 20.3 Å². The summed E-state index contributed by atoms with van der Waals surface area (Å²) in [5.74, 6) is 0.00938. The standard InChI is InChI=1S/C9H8FN3O/c10-7-3-1-6(2-4-7)8(14)9-11-5-12-13-9/h1-5,8,14H,(H,11,12,13)/t8-/m1/s1. The zero-order chi connectivity index (χ0) is 9.97. The Balaban J connectivity index is 2.28. The maximum Gasteiger partial charge on any atom is 0.157 e. The summed E-state index contributed by atoms with van der Waals surface area (Å²) in [4.78, 5) is 3.80. The van der Waals surface area contributed by atoms with E-state index < -0.39 is 6.10 Å². The van der Waals surface area contributed by atoms with E-state index in [9.17, 15) is 9.50 Å². The number of hydrogen-bond donors (Lipinski definition) is 2. The first-order valence-electron chi connectivity index (χ1n) is 4.06. The third-order valence-corrected chi connectivity index (χ3v) is 1.88. The van der Waals surface area contributed by atoms with E-state index in [1.54, 1.807) is 0 Å². The highest BCUT2D eigenvalue weighted by Gasteiger charge is 2.12. The number of halogens is 1. The Morgan fingerprint density at radius 3 is 2.57 bits per heavy atom. The Morgan fingerprint density at radius 1 is 1.29 bits per heavy atom. The molecule has 0 saturated heterocycles. The largest absolute Gasteiger partial charge is 0.380 e. The molecule has 0 saturated carbocycles. The number of nitrogens with one attached hydrogen (secondary N) is 1. The molecule has 1 aromatic carbocycles. The Hall–Kier alpha value is -1.75. The van der Waals surface area contributed by atoms with E-state index in [2.05, 4.69) is 15.2 Å². The fourth-order valence-electron chi connectivity index (χ4n) is 1.15. The number of aromatic amines is 1. The number of benzene rings is 1. The Labute approximate surface area is 79.4 Å². The van der Waals surface area contributed by atoms with Gasteiger partial charge in [-0.3, -0.25) is 5.10 Å². The summed E-state index contributed by atoms with van der Waals surface area (Å²) in [5, 5.41) is 15.9. The second-order valence-corrected chi connectivity index (χ2v) is 2.82. The smallest absolute Gasteiger partial charge is 0.157 e. The second kappa shape index (κ2) is 3.55. The van der Waals surface area contributed by atoms with Crippen LogP contribution in [0.5, 0.6) is 0 Å². The van der Waals surface area contributed by atoms with Crippen molar-refractivity contribution in [1.82, 2.24) is 15.2 Å².